The number of hydrogen-bond donors (Lipinski definition) is 0. The van der Waals surface area contributed by atoms with Gasteiger partial charge in [0.25, 0.3) is 0 Å². The third kappa shape index (κ3) is 54.7. The summed E-state index contributed by atoms with van der Waals surface area (Å²) < 4.78 is 16.9. The number of allylic oxidation sites excluding steroid dienone is 4. The first-order valence-electron chi connectivity index (χ1n) is 29.9. The quantitative estimate of drug-likeness (QED) is 0.0262. The van der Waals surface area contributed by atoms with Crippen molar-refractivity contribution < 1.29 is 28.6 Å². The minimum Gasteiger partial charge on any atom is -0.462 e. The van der Waals surface area contributed by atoms with E-state index in [1.165, 1.54) is 231 Å². The summed E-state index contributed by atoms with van der Waals surface area (Å²) in [6.45, 7) is 6.67. The maximum Gasteiger partial charge on any atom is 0.306 e. The second kappa shape index (κ2) is 56.5. The molecule has 0 amide bonds. The van der Waals surface area contributed by atoms with Gasteiger partial charge in [0.05, 0.1) is 0 Å². The van der Waals surface area contributed by atoms with Gasteiger partial charge in [-0.25, -0.2) is 0 Å². The number of carbonyl (C=O) groups is 3. The lowest BCUT2D eigenvalue weighted by Crippen LogP contribution is -2.30. The van der Waals surface area contributed by atoms with Gasteiger partial charge in [0.2, 0.25) is 0 Å². The van der Waals surface area contributed by atoms with E-state index in [-0.39, 0.29) is 31.1 Å². The summed E-state index contributed by atoms with van der Waals surface area (Å²) in [6, 6.07) is 0. The van der Waals surface area contributed by atoms with Crippen molar-refractivity contribution in [3.63, 3.8) is 0 Å². The fourth-order valence-corrected chi connectivity index (χ4v) is 8.97. The second-order valence-corrected chi connectivity index (χ2v) is 20.3. The van der Waals surface area contributed by atoms with Gasteiger partial charge in [-0.2, -0.15) is 0 Å². The van der Waals surface area contributed by atoms with Crippen LogP contribution in [0, 0.1) is 0 Å². The highest BCUT2D eigenvalue weighted by Gasteiger charge is 2.19. The van der Waals surface area contributed by atoms with E-state index in [4.69, 9.17) is 14.2 Å². The Hall–Kier alpha value is -2.11. The van der Waals surface area contributed by atoms with Crippen LogP contribution in [-0.4, -0.2) is 37.2 Å². The van der Waals surface area contributed by atoms with Gasteiger partial charge >= 0.3 is 17.9 Å². The van der Waals surface area contributed by atoms with Crippen molar-refractivity contribution in [1.82, 2.24) is 0 Å². The molecule has 0 aromatic rings. The van der Waals surface area contributed by atoms with Gasteiger partial charge in [-0.05, 0) is 44.9 Å². The van der Waals surface area contributed by atoms with E-state index < -0.39 is 6.10 Å². The molecule has 0 aromatic carbocycles. The fraction of sp³-hybridized carbons (Fsp3) is 0.885. The van der Waals surface area contributed by atoms with E-state index in [9.17, 15) is 14.4 Å². The highest BCUT2D eigenvalue weighted by atomic mass is 16.6. The van der Waals surface area contributed by atoms with Crippen molar-refractivity contribution in [2.75, 3.05) is 13.2 Å². The van der Waals surface area contributed by atoms with Crippen LogP contribution >= 0.6 is 0 Å². The van der Waals surface area contributed by atoms with Crippen LogP contribution in [0.4, 0.5) is 0 Å². The third-order valence-electron chi connectivity index (χ3n) is 13.5. The highest BCUT2D eigenvalue weighted by Crippen LogP contribution is 2.17. The summed E-state index contributed by atoms with van der Waals surface area (Å²) in [7, 11) is 0. The van der Waals surface area contributed by atoms with Gasteiger partial charge in [-0.15, -0.1) is 0 Å². The third-order valence-corrected chi connectivity index (χ3v) is 13.5. The number of unbranched alkanes of at least 4 members (excludes halogenated alkanes) is 41. The zero-order valence-electron chi connectivity index (χ0n) is 45.2. The molecule has 0 bridgehead atoms. The molecule has 0 spiro atoms. The van der Waals surface area contributed by atoms with Gasteiger partial charge in [-0.3, -0.25) is 14.4 Å². The van der Waals surface area contributed by atoms with Crippen LogP contribution in [0.5, 0.6) is 0 Å². The predicted octanol–water partition coefficient (Wildman–Crippen LogP) is 19.9. The predicted molar refractivity (Wildman–Crippen MR) is 289 cm³/mol. The molecular weight excluding hydrogens is 829 g/mol. The van der Waals surface area contributed by atoms with Crippen molar-refractivity contribution in [2.24, 2.45) is 0 Å². The molecule has 0 rings (SSSR count). The molecule has 0 saturated carbocycles. The normalized spacial score (nSPS) is 12.1. The topological polar surface area (TPSA) is 78.9 Å². The molecule has 1 atom stereocenters. The molecule has 0 radical (unpaired) electrons. The average Bonchev–Trinajstić information content (AvgIpc) is 3.33. The molecule has 1 unspecified atom stereocenters. The summed E-state index contributed by atoms with van der Waals surface area (Å²) in [5, 5.41) is 0. The van der Waals surface area contributed by atoms with Crippen LogP contribution in [0.25, 0.3) is 0 Å². The maximum atomic E-state index is 12.9. The van der Waals surface area contributed by atoms with Crippen LogP contribution in [0.15, 0.2) is 24.3 Å². The highest BCUT2D eigenvalue weighted by molar-refractivity contribution is 5.71. The van der Waals surface area contributed by atoms with Crippen molar-refractivity contribution >= 4 is 17.9 Å². The first-order chi connectivity index (χ1) is 33.0. The monoisotopic (exact) mass is 943 g/mol. The lowest BCUT2D eigenvalue weighted by molar-refractivity contribution is -0.167. The molecule has 0 aliphatic heterocycles. The molecule has 0 N–H and O–H groups in total. The van der Waals surface area contributed by atoms with Crippen molar-refractivity contribution in [3.05, 3.63) is 24.3 Å². The zero-order chi connectivity index (χ0) is 48.6. The summed E-state index contributed by atoms with van der Waals surface area (Å²) in [5.74, 6) is -0.846. The van der Waals surface area contributed by atoms with Crippen LogP contribution in [-0.2, 0) is 28.6 Å². The molecule has 6 nitrogen and oxygen atoms in total. The molecule has 0 heterocycles. The van der Waals surface area contributed by atoms with Crippen LogP contribution < -0.4 is 0 Å². The average molecular weight is 944 g/mol. The SMILES string of the molecule is CCCCC/C=C\C=C/CCCCCCCCCCCCC(=O)OCC(COC(=O)CCCCCCCCCCCCCCC)OC(=O)CCCCCCCCCCCCCCCCCCC. The standard InChI is InChI=1S/C61H114O6/c1-4-7-10-13-16-19-22-25-27-29-30-32-33-36-39-42-45-48-51-54-60(63)66-57-58(56-65-59(62)53-50-47-44-41-38-35-24-21-18-15-12-9-6-3)67-61(64)55-52-49-46-43-40-37-34-31-28-26-23-20-17-14-11-8-5-2/h16,19,22,25,58H,4-15,17-18,20-21,23-24,26-57H2,1-3H3/b19-16-,25-22-. The lowest BCUT2D eigenvalue weighted by Gasteiger charge is -2.18. The minimum absolute atomic E-state index is 0.0662. The van der Waals surface area contributed by atoms with Crippen LogP contribution in [0.1, 0.15) is 329 Å². The van der Waals surface area contributed by atoms with Crippen LogP contribution in [0.3, 0.4) is 0 Å². The Morgan fingerprint density at radius 3 is 0.821 bits per heavy atom. The number of hydrogen-bond acceptors (Lipinski definition) is 6. The van der Waals surface area contributed by atoms with E-state index in [0.717, 1.165) is 57.8 Å². The number of esters is 3. The fourth-order valence-electron chi connectivity index (χ4n) is 8.97. The van der Waals surface area contributed by atoms with E-state index in [1.54, 1.807) is 0 Å². The Bertz CT molecular complexity index is 1080. The Morgan fingerprint density at radius 1 is 0.299 bits per heavy atom. The Kier molecular flexibility index (Phi) is 54.7. The molecule has 0 aliphatic carbocycles. The summed E-state index contributed by atoms with van der Waals surface area (Å²) in [5.41, 5.74) is 0. The van der Waals surface area contributed by atoms with E-state index in [2.05, 4.69) is 45.1 Å². The number of carbonyl (C=O) groups excluding carboxylic acids is 3. The molecule has 394 valence electrons. The van der Waals surface area contributed by atoms with E-state index in [1.807, 2.05) is 0 Å². The lowest BCUT2D eigenvalue weighted by atomic mass is 10.0. The first kappa shape index (κ1) is 64.9. The summed E-state index contributed by atoms with van der Waals surface area (Å²) in [6.07, 6.45) is 65.9. The van der Waals surface area contributed by atoms with E-state index in [0.29, 0.717) is 19.3 Å². The Balaban J connectivity index is 4.30. The number of ether oxygens (including phenoxy) is 3. The molecule has 0 aromatic heterocycles. The molecule has 0 saturated heterocycles. The van der Waals surface area contributed by atoms with Gasteiger partial charge in [-0.1, -0.05) is 289 Å². The largest absolute Gasteiger partial charge is 0.462 e. The van der Waals surface area contributed by atoms with Gasteiger partial charge in [0.1, 0.15) is 13.2 Å². The first-order valence-corrected chi connectivity index (χ1v) is 29.9. The Labute approximate surface area is 417 Å². The molecular formula is C61H114O6. The molecule has 6 heteroatoms. The summed E-state index contributed by atoms with van der Waals surface area (Å²) >= 11 is 0. The van der Waals surface area contributed by atoms with Crippen molar-refractivity contribution in [3.8, 4) is 0 Å². The van der Waals surface area contributed by atoms with Gasteiger partial charge in [0.15, 0.2) is 6.10 Å². The van der Waals surface area contributed by atoms with E-state index >= 15 is 0 Å². The van der Waals surface area contributed by atoms with Crippen molar-refractivity contribution in [1.29, 1.82) is 0 Å². The molecule has 67 heavy (non-hydrogen) atoms. The second-order valence-electron chi connectivity index (χ2n) is 20.3. The minimum atomic E-state index is -0.767. The number of rotatable bonds is 55. The zero-order valence-corrected chi connectivity index (χ0v) is 45.2. The van der Waals surface area contributed by atoms with Crippen molar-refractivity contribution in [2.45, 2.75) is 335 Å². The Morgan fingerprint density at radius 2 is 0.522 bits per heavy atom. The van der Waals surface area contributed by atoms with Gasteiger partial charge < -0.3 is 14.2 Å². The van der Waals surface area contributed by atoms with Crippen LogP contribution in [0.2, 0.25) is 0 Å². The molecule has 0 fully saturated rings. The van der Waals surface area contributed by atoms with Gasteiger partial charge in [0, 0.05) is 19.3 Å². The summed E-state index contributed by atoms with van der Waals surface area (Å²) in [4.78, 5) is 38.2. The smallest absolute Gasteiger partial charge is 0.306 e. The maximum absolute atomic E-state index is 12.9. The molecule has 0 aliphatic rings.